The van der Waals surface area contributed by atoms with E-state index < -0.39 is 41.3 Å². The van der Waals surface area contributed by atoms with Gasteiger partial charge in [0.1, 0.15) is 17.1 Å². The van der Waals surface area contributed by atoms with Crippen LogP contribution in [-0.4, -0.2) is 15.0 Å². The lowest BCUT2D eigenvalue weighted by Crippen LogP contribution is -2.40. The zero-order valence-electron chi connectivity index (χ0n) is 16.0. The molecule has 0 saturated heterocycles. The summed E-state index contributed by atoms with van der Waals surface area (Å²) in [5.41, 5.74) is -2.48. The van der Waals surface area contributed by atoms with Crippen LogP contribution in [0.5, 0.6) is 0 Å². The number of halogens is 4. The van der Waals surface area contributed by atoms with Gasteiger partial charge in [0.15, 0.2) is 0 Å². The second-order valence-corrected chi connectivity index (χ2v) is 7.64. The Morgan fingerprint density at radius 3 is 2.34 bits per heavy atom. The van der Waals surface area contributed by atoms with Gasteiger partial charge in [-0.15, -0.1) is 11.3 Å². The fourth-order valence-electron chi connectivity index (χ4n) is 3.17. The van der Waals surface area contributed by atoms with Gasteiger partial charge in [-0.25, -0.2) is 13.8 Å². The van der Waals surface area contributed by atoms with E-state index in [0.717, 1.165) is 46.2 Å². The van der Waals surface area contributed by atoms with Crippen LogP contribution in [0.25, 0.3) is 15.9 Å². The third kappa shape index (κ3) is 3.94. The Kier molecular flexibility index (Phi) is 5.43. The van der Waals surface area contributed by atoms with Gasteiger partial charge in [0, 0.05) is 5.69 Å². The maximum Gasteiger partial charge on any atom is 0.416 e. The van der Waals surface area contributed by atoms with Gasteiger partial charge < -0.3 is 5.32 Å². The second kappa shape index (κ2) is 8.08. The summed E-state index contributed by atoms with van der Waals surface area (Å²) in [6, 6.07) is 10.5. The molecular formula is C21H13F4N3O3S. The van der Waals surface area contributed by atoms with E-state index in [1.54, 1.807) is 5.38 Å². The minimum atomic E-state index is -4.51. The number of benzene rings is 2. The van der Waals surface area contributed by atoms with Crippen LogP contribution in [0.1, 0.15) is 5.56 Å². The topological polar surface area (TPSA) is 73.1 Å². The molecule has 1 N–H and O–H groups in total. The fourth-order valence-corrected chi connectivity index (χ4v) is 4.00. The molecule has 4 rings (SSSR count). The van der Waals surface area contributed by atoms with Crippen molar-refractivity contribution in [3.63, 3.8) is 0 Å². The number of nitrogens with one attached hydrogen (secondary N) is 1. The summed E-state index contributed by atoms with van der Waals surface area (Å²) < 4.78 is 54.2. The van der Waals surface area contributed by atoms with Crippen molar-refractivity contribution < 1.29 is 22.4 Å². The van der Waals surface area contributed by atoms with Gasteiger partial charge in [-0.1, -0.05) is 12.1 Å². The lowest BCUT2D eigenvalue weighted by molar-refractivity contribution is -0.137. The predicted molar refractivity (Wildman–Crippen MR) is 112 cm³/mol. The van der Waals surface area contributed by atoms with Crippen LogP contribution in [0.15, 0.2) is 69.6 Å². The van der Waals surface area contributed by atoms with Gasteiger partial charge in [0.05, 0.1) is 16.8 Å². The molecule has 0 saturated carbocycles. The first-order valence-corrected chi connectivity index (χ1v) is 10.00. The van der Waals surface area contributed by atoms with Crippen molar-refractivity contribution in [1.29, 1.82) is 0 Å². The predicted octanol–water partition coefficient (Wildman–Crippen LogP) is 4.01. The Labute approximate surface area is 181 Å². The van der Waals surface area contributed by atoms with Gasteiger partial charge in [-0.3, -0.25) is 14.2 Å². The Bertz CT molecular complexity index is 1440. The number of rotatable bonds is 4. The number of hydrogen-bond donors (Lipinski definition) is 1. The van der Waals surface area contributed by atoms with Crippen molar-refractivity contribution in [2.24, 2.45) is 0 Å². The quantitative estimate of drug-likeness (QED) is 0.465. The Morgan fingerprint density at radius 2 is 1.69 bits per heavy atom. The highest BCUT2D eigenvalue weighted by atomic mass is 32.1. The summed E-state index contributed by atoms with van der Waals surface area (Å²) >= 11 is 1.03. The van der Waals surface area contributed by atoms with E-state index in [-0.39, 0.29) is 21.6 Å². The summed E-state index contributed by atoms with van der Waals surface area (Å²) in [5, 5.41) is 3.97. The number of alkyl halides is 3. The summed E-state index contributed by atoms with van der Waals surface area (Å²) in [6.45, 7) is -0.540. The number of aromatic nitrogens is 2. The molecule has 0 unspecified atom stereocenters. The van der Waals surface area contributed by atoms with E-state index in [1.807, 2.05) is 0 Å². The molecule has 1 amide bonds. The zero-order chi connectivity index (χ0) is 23.0. The molecule has 0 fully saturated rings. The van der Waals surface area contributed by atoms with Crippen molar-refractivity contribution in [1.82, 2.24) is 9.13 Å². The molecule has 0 aliphatic heterocycles. The standard InChI is InChI=1S/C21H13F4N3O3S/c22-14-3-1-2-4-15(14)28-19(30)18-16(9-10-32-18)27(20(28)31)11-17(29)26-13-7-5-12(6-8-13)21(23,24)25/h1-10H,11H2,(H,26,29). The van der Waals surface area contributed by atoms with E-state index in [0.29, 0.717) is 4.57 Å². The molecule has 2 aromatic heterocycles. The van der Waals surface area contributed by atoms with E-state index in [4.69, 9.17) is 0 Å². The largest absolute Gasteiger partial charge is 0.416 e. The van der Waals surface area contributed by atoms with Crippen molar-refractivity contribution in [2.75, 3.05) is 5.32 Å². The number of thiophene rings is 1. The van der Waals surface area contributed by atoms with Crippen LogP contribution in [0.2, 0.25) is 0 Å². The van der Waals surface area contributed by atoms with Gasteiger partial charge in [-0.2, -0.15) is 13.2 Å². The monoisotopic (exact) mass is 463 g/mol. The molecule has 0 spiro atoms. The number of hydrogen-bond acceptors (Lipinski definition) is 4. The first kappa shape index (κ1) is 21.5. The minimum absolute atomic E-state index is 0.0973. The maximum atomic E-state index is 14.3. The number of anilines is 1. The van der Waals surface area contributed by atoms with Crippen LogP contribution in [-0.2, 0) is 17.5 Å². The minimum Gasteiger partial charge on any atom is -0.325 e. The Hall–Kier alpha value is -3.73. The number of carbonyl (C=O) groups excluding carboxylic acids is 1. The lowest BCUT2D eigenvalue weighted by atomic mass is 10.2. The molecule has 0 aliphatic rings. The van der Waals surface area contributed by atoms with Crippen LogP contribution in [0, 0.1) is 5.82 Å². The highest BCUT2D eigenvalue weighted by Crippen LogP contribution is 2.29. The summed E-state index contributed by atoms with van der Waals surface area (Å²) in [5.74, 6) is -1.50. The number of para-hydroxylation sites is 1. The third-order valence-corrected chi connectivity index (χ3v) is 5.54. The molecule has 6 nitrogen and oxygen atoms in total. The van der Waals surface area contributed by atoms with Crippen molar-refractivity contribution in [3.8, 4) is 5.69 Å². The first-order chi connectivity index (χ1) is 15.2. The van der Waals surface area contributed by atoms with Gasteiger partial charge >= 0.3 is 11.9 Å². The molecule has 0 radical (unpaired) electrons. The van der Waals surface area contributed by atoms with Crippen LogP contribution in [0.4, 0.5) is 23.2 Å². The highest BCUT2D eigenvalue weighted by Gasteiger charge is 2.30. The summed E-state index contributed by atoms with van der Waals surface area (Å²) in [4.78, 5) is 38.4. The van der Waals surface area contributed by atoms with Crippen molar-refractivity contribution >= 4 is 33.1 Å². The molecular weight excluding hydrogens is 450 g/mol. The molecule has 2 heterocycles. The molecule has 164 valence electrons. The zero-order valence-corrected chi connectivity index (χ0v) is 16.8. The van der Waals surface area contributed by atoms with Crippen molar-refractivity contribution in [3.05, 3.63) is 92.2 Å². The molecule has 4 aromatic rings. The summed E-state index contributed by atoms with van der Waals surface area (Å²) in [6.07, 6.45) is -4.51. The lowest BCUT2D eigenvalue weighted by Gasteiger charge is -2.13. The maximum absolute atomic E-state index is 14.3. The SMILES string of the molecule is O=C(Cn1c(=O)n(-c2ccccc2F)c(=O)c2sccc21)Nc1ccc(C(F)(F)F)cc1. The van der Waals surface area contributed by atoms with Crippen LogP contribution >= 0.6 is 11.3 Å². The molecule has 2 aromatic carbocycles. The fraction of sp³-hybridized carbons (Fsp3) is 0.0952. The van der Waals surface area contributed by atoms with Gasteiger partial charge in [-0.05, 0) is 47.8 Å². The first-order valence-electron chi connectivity index (χ1n) is 9.12. The molecule has 11 heteroatoms. The normalized spacial score (nSPS) is 11.6. The highest BCUT2D eigenvalue weighted by molar-refractivity contribution is 7.17. The van der Waals surface area contributed by atoms with Gasteiger partial charge in [0.25, 0.3) is 5.56 Å². The average molecular weight is 463 g/mol. The van der Waals surface area contributed by atoms with Crippen LogP contribution < -0.4 is 16.6 Å². The molecule has 0 aliphatic carbocycles. The molecule has 0 bridgehead atoms. The Morgan fingerprint density at radius 1 is 1.00 bits per heavy atom. The number of nitrogens with zero attached hydrogens (tertiary/aromatic N) is 2. The van der Waals surface area contributed by atoms with E-state index in [9.17, 15) is 31.9 Å². The number of fused-ring (bicyclic) bond motifs is 1. The van der Waals surface area contributed by atoms with E-state index in [1.165, 1.54) is 24.3 Å². The number of carbonyl (C=O) groups is 1. The second-order valence-electron chi connectivity index (χ2n) is 6.72. The van der Waals surface area contributed by atoms with Gasteiger partial charge in [0.2, 0.25) is 5.91 Å². The summed E-state index contributed by atoms with van der Waals surface area (Å²) in [7, 11) is 0. The average Bonchev–Trinajstić information content (AvgIpc) is 3.22. The van der Waals surface area contributed by atoms with Crippen LogP contribution in [0.3, 0.4) is 0 Å². The van der Waals surface area contributed by atoms with E-state index >= 15 is 0 Å². The van der Waals surface area contributed by atoms with Crippen molar-refractivity contribution in [2.45, 2.75) is 12.7 Å². The third-order valence-electron chi connectivity index (χ3n) is 4.65. The Balaban J connectivity index is 1.71. The van der Waals surface area contributed by atoms with E-state index in [2.05, 4.69) is 5.32 Å². The molecule has 0 atom stereocenters. The molecule has 32 heavy (non-hydrogen) atoms. The smallest absolute Gasteiger partial charge is 0.325 e. The number of amides is 1.